The molecule has 0 fully saturated rings. The second-order valence-electron chi connectivity index (χ2n) is 10.4. The summed E-state index contributed by atoms with van der Waals surface area (Å²) in [5.41, 5.74) is 2.34. The Kier molecular flexibility index (Phi) is 5.82. The van der Waals surface area contributed by atoms with Gasteiger partial charge in [0.1, 0.15) is 0 Å². The standard InChI is InChI=1S/C25H40O2/c1-9-22(3,4)24(7)16-18(11-13-20(24)26)15-19-12-14-21(27)25(8,17-19)23(5,6)10-2/h11-14,26-27H,9-10,15-17H2,1-8H3. The summed E-state index contributed by atoms with van der Waals surface area (Å²) in [5, 5.41) is 21.3. The first-order valence-electron chi connectivity index (χ1n) is 10.5. The molecule has 27 heavy (non-hydrogen) atoms. The molecule has 0 aromatic heterocycles. The van der Waals surface area contributed by atoms with Crippen molar-refractivity contribution < 1.29 is 10.2 Å². The molecule has 2 unspecified atom stereocenters. The Morgan fingerprint density at radius 2 is 1.07 bits per heavy atom. The van der Waals surface area contributed by atoms with Gasteiger partial charge in [0, 0.05) is 10.8 Å². The number of aliphatic hydroxyl groups is 2. The minimum atomic E-state index is -0.231. The van der Waals surface area contributed by atoms with Gasteiger partial charge in [-0.3, -0.25) is 0 Å². The maximum atomic E-state index is 10.6. The largest absolute Gasteiger partial charge is 0.512 e. The van der Waals surface area contributed by atoms with E-state index >= 15 is 0 Å². The quantitative estimate of drug-likeness (QED) is 0.499. The van der Waals surface area contributed by atoms with Crippen LogP contribution in [0.2, 0.25) is 0 Å². The van der Waals surface area contributed by atoms with Crippen LogP contribution >= 0.6 is 0 Å². The zero-order valence-electron chi connectivity index (χ0n) is 18.7. The molecule has 0 heterocycles. The van der Waals surface area contributed by atoms with E-state index < -0.39 is 0 Å². The average molecular weight is 373 g/mol. The predicted molar refractivity (Wildman–Crippen MR) is 116 cm³/mol. The molecule has 0 aromatic rings. The third-order valence-electron chi connectivity index (χ3n) is 8.46. The molecule has 2 atom stereocenters. The van der Waals surface area contributed by atoms with Gasteiger partial charge in [0.25, 0.3) is 0 Å². The van der Waals surface area contributed by atoms with Gasteiger partial charge in [-0.15, -0.1) is 0 Å². The molecule has 0 amide bonds. The van der Waals surface area contributed by atoms with Crippen molar-refractivity contribution in [2.45, 2.75) is 87.5 Å². The van der Waals surface area contributed by atoms with Gasteiger partial charge in [-0.05, 0) is 42.2 Å². The van der Waals surface area contributed by atoms with Crippen molar-refractivity contribution in [3.8, 4) is 0 Å². The molecule has 0 saturated carbocycles. The van der Waals surface area contributed by atoms with E-state index in [1.54, 1.807) is 0 Å². The first kappa shape index (κ1) is 21.9. The lowest BCUT2D eigenvalue weighted by atomic mass is 9.58. The SMILES string of the molecule is CCC(C)(C)C1(C)CC(CC2=CC=C(O)C(C)(C(C)(C)CC)C2)=CC=C1O. The number of allylic oxidation sites excluding steroid dienone is 8. The zero-order chi connectivity index (χ0) is 20.7. The van der Waals surface area contributed by atoms with Gasteiger partial charge in [-0.1, -0.05) is 91.5 Å². The summed E-state index contributed by atoms with van der Waals surface area (Å²) in [6.45, 7) is 17.8. The Morgan fingerprint density at radius 3 is 1.37 bits per heavy atom. The van der Waals surface area contributed by atoms with Crippen LogP contribution < -0.4 is 0 Å². The average Bonchev–Trinajstić information content (AvgIpc) is 2.61. The Hall–Kier alpha value is -1.44. The van der Waals surface area contributed by atoms with E-state index in [4.69, 9.17) is 0 Å². The van der Waals surface area contributed by atoms with Crippen LogP contribution in [0.15, 0.2) is 47.0 Å². The lowest BCUT2D eigenvalue weighted by molar-refractivity contribution is 0.0667. The number of rotatable bonds is 6. The van der Waals surface area contributed by atoms with Crippen molar-refractivity contribution >= 4 is 0 Å². The molecular formula is C25H40O2. The van der Waals surface area contributed by atoms with Crippen LogP contribution in [-0.2, 0) is 0 Å². The number of aliphatic hydroxyl groups excluding tert-OH is 2. The van der Waals surface area contributed by atoms with Crippen LogP contribution in [0.4, 0.5) is 0 Å². The number of hydrogen-bond donors (Lipinski definition) is 2. The van der Waals surface area contributed by atoms with E-state index in [9.17, 15) is 10.2 Å². The lowest BCUT2D eigenvalue weighted by Crippen LogP contribution is -2.39. The smallest absolute Gasteiger partial charge is 0.0989 e. The molecule has 2 aliphatic rings. The van der Waals surface area contributed by atoms with Crippen LogP contribution in [0.5, 0.6) is 0 Å². The van der Waals surface area contributed by atoms with E-state index in [-0.39, 0.29) is 21.7 Å². The Bertz CT molecular complexity index is 642. The Balaban J connectivity index is 2.26. The van der Waals surface area contributed by atoms with Gasteiger partial charge in [0.15, 0.2) is 0 Å². The van der Waals surface area contributed by atoms with E-state index in [2.05, 4.69) is 67.5 Å². The monoisotopic (exact) mass is 372 g/mol. The van der Waals surface area contributed by atoms with Crippen LogP contribution in [0.3, 0.4) is 0 Å². The predicted octanol–water partition coefficient (Wildman–Crippen LogP) is 7.81. The summed E-state index contributed by atoms with van der Waals surface area (Å²) in [6.07, 6.45) is 12.7. The summed E-state index contributed by atoms with van der Waals surface area (Å²) in [7, 11) is 0. The fourth-order valence-electron chi connectivity index (χ4n) is 4.46. The summed E-state index contributed by atoms with van der Waals surface area (Å²) in [4.78, 5) is 0. The highest BCUT2D eigenvalue weighted by atomic mass is 16.3. The van der Waals surface area contributed by atoms with Crippen LogP contribution in [-0.4, -0.2) is 10.2 Å². The second kappa shape index (κ2) is 7.18. The third-order valence-corrected chi connectivity index (χ3v) is 8.46. The van der Waals surface area contributed by atoms with Crippen molar-refractivity contribution in [1.82, 2.24) is 0 Å². The summed E-state index contributed by atoms with van der Waals surface area (Å²) in [5.74, 6) is 1.01. The summed E-state index contributed by atoms with van der Waals surface area (Å²) < 4.78 is 0. The molecule has 2 aliphatic carbocycles. The maximum Gasteiger partial charge on any atom is 0.0989 e. The normalized spacial score (nSPS) is 29.6. The first-order valence-corrected chi connectivity index (χ1v) is 10.5. The highest BCUT2D eigenvalue weighted by molar-refractivity contribution is 5.35. The van der Waals surface area contributed by atoms with E-state index in [1.807, 2.05) is 12.2 Å². The molecule has 2 rings (SSSR count). The van der Waals surface area contributed by atoms with Gasteiger partial charge < -0.3 is 10.2 Å². The highest BCUT2D eigenvalue weighted by Crippen LogP contribution is 2.55. The number of hydrogen-bond acceptors (Lipinski definition) is 2. The van der Waals surface area contributed by atoms with Crippen molar-refractivity contribution in [3.05, 3.63) is 47.0 Å². The van der Waals surface area contributed by atoms with Gasteiger partial charge in [-0.2, -0.15) is 0 Å². The van der Waals surface area contributed by atoms with Gasteiger partial charge in [-0.25, -0.2) is 0 Å². The van der Waals surface area contributed by atoms with Crippen molar-refractivity contribution in [1.29, 1.82) is 0 Å². The Labute approximate surface area is 166 Å². The molecule has 0 radical (unpaired) electrons. The van der Waals surface area contributed by atoms with Crippen molar-refractivity contribution in [2.75, 3.05) is 0 Å². The van der Waals surface area contributed by atoms with E-state index in [1.165, 1.54) is 11.1 Å². The molecule has 0 saturated heterocycles. The summed E-state index contributed by atoms with van der Waals surface area (Å²) in [6, 6.07) is 0. The van der Waals surface area contributed by atoms with Crippen molar-refractivity contribution in [3.63, 3.8) is 0 Å². The van der Waals surface area contributed by atoms with Crippen LogP contribution in [0, 0.1) is 21.7 Å². The van der Waals surface area contributed by atoms with Gasteiger partial charge in [0.05, 0.1) is 11.5 Å². The Morgan fingerprint density at radius 1 is 0.741 bits per heavy atom. The molecule has 2 N–H and O–H groups in total. The maximum absolute atomic E-state index is 10.6. The highest BCUT2D eigenvalue weighted by Gasteiger charge is 2.46. The fourth-order valence-corrected chi connectivity index (χ4v) is 4.46. The van der Waals surface area contributed by atoms with Crippen LogP contribution in [0.1, 0.15) is 87.5 Å². The lowest BCUT2D eigenvalue weighted by Gasteiger charge is -2.47. The minimum Gasteiger partial charge on any atom is -0.512 e. The second-order valence-corrected chi connectivity index (χ2v) is 10.4. The zero-order valence-corrected chi connectivity index (χ0v) is 18.7. The molecule has 0 aromatic carbocycles. The molecule has 2 heteroatoms. The molecule has 0 aliphatic heterocycles. The molecular weight excluding hydrogens is 332 g/mol. The molecule has 152 valence electrons. The van der Waals surface area contributed by atoms with Gasteiger partial charge >= 0.3 is 0 Å². The molecule has 0 bridgehead atoms. The fraction of sp³-hybridized carbons (Fsp3) is 0.680. The minimum absolute atomic E-state index is 0.0327. The molecule has 2 nitrogen and oxygen atoms in total. The van der Waals surface area contributed by atoms with E-state index in [0.29, 0.717) is 11.5 Å². The van der Waals surface area contributed by atoms with Crippen LogP contribution in [0.25, 0.3) is 0 Å². The third kappa shape index (κ3) is 3.65. The summed E-state index contributed by atoms with van der Waals surface area (Å²) >= 11 is 0. The van der Waals surface area contributed by atoms with Gasteiger partial charge in [0.2, 0.25) is 0 Å². The van der Waals surface area contributed by atoms with E-state index in [0.717, 1.165) is 32.1 Å². The topological polar surface area (TPSA) is 40.5 Å². The molecule has 0 spiro atoms. The first-order chi connectivity index (χ1) is 12.3. The van der Waals surface area contributed by atoms with Crippen molar-refractivity contribution in [2.24, 2.45) is 21.7 Å².